The number of alkyl carbamates (subject to hydrolysis) is 1. The van der Waals surface area contributed by atoms with E-state index in [1.807, 2.05) is 0 Å². The van der Waals surface area contributed by atoms with Gasteiger partial charge in [-0.25, -0.2) is 4.79 Å². The van der Waals surface area contributed by atoms with E-state index in [-0.39, 0.29) is 12.0 Å². The highest BCUT2D eigenvalue weighted by atomic mass is 16.5. The van der Waals surface area contributed by atoms with E-state index in [2.05, 4.69) is 29.4 Å². The molecule has 2 N–H and O–H groups in total. The van der Waals surface area contributed by atoms with E-state index in [0.29, 0.717) is 45.9 Å². The molecular weight excluding hydrogens is 350 g/mol. The van der Waals surface area contributed by atoms with Crippen LogP contribution in [0.1, 0.15) is 46.0 Å². The van der Waals surface area contributed by atoms with Crippen molar-refractivity contribution in [1.82, 2.24) is 15.5 Å². The number of nitrogens with one attached hydrogen (secondary N) is 2. The molecule has 0 aliphatic carbocycles. The Labute approximate surface area is 164 Å². The Morgan fingerprint density at radius 2 is 1.59 bits per heavy atom. The maximum absolute atomic E-state index is 11.6. The van der Waals surface area contributed by atoms with Gasteiger partial charge < -0.3 is 29.7 Å². The van der Waals surface area contributed by atoms with Gasteiger partial charge in [0, 0.05) is 33.2 Å². The van der Waals surface area contributed by atoms with Crippen molar-refractivity contribution in [2.45, 2.75) is 46.0 Å². The molecule has 0 bridgehead atoms. The van der Waals surface area contributed by atoms with E-state index in [0.717, 1.165) is 45.3 Å². The van der Waals surface area contributed by atoms with Gasteiger partial charge in [-0.1, -0.05) is 20.3 Å². The second-order valence-electron chi connectivity index (χ2n) is 6.21. The Morgan fingerprint density at radius 1 is 0.852 bits per heavy atom. The fraction of sp³-hybridized carbons (Fsp3) is 0.895. The summed E-state index contributed by atoms with van der Waals surface area (Å²) >= 11 is 0. The summed E-state index contributed by atoms with van der Waals surface area (Å²) in [7, 11) is 1.62. The van der Waals surface area contributed by atoms with Crippen LogP contribution in [-0.2, 0) is 19.0 Å². The van der Waals surface area contributed by atoms with Crippen LogP contribution in [0.4, 0.5) is 4.79 Å². The summed E-state index contributed by atoms with van der Waals surface area (Å²) in [6, 6.07) is 0. The zero-order valence-corrected chi connectivity index (χ0v) is 17.4. The molecule has 0 aromatic carbocycles. The van der Waals surface area contributed by atoms with Gasteiger partial charge in [-0.05, 0) is 32.4 Å². The summed E-state index contributed by atoms with van der Waals surface area (Å²) in [5, 5.41) is 5.64. The fourth-order valence-electron chi connectivity index (χ4n) is 2.38. The molecule has 8 heteroatoms. The number of rotatable bonds is 18. The van der Waals surface area contributed by atoms with E-state index >= 15 is 0 Å². The average Bonchev–Trinajstić information content (AvgIpc) is 2.67. The average molecular weight is 390 g/mol. The number of carbonyl (C=O) groups excluding carboxylic acids is 2. The van der Waals surface area contributed by atoms with Crippen LogP contribution in [0.5, 0.6) is 0 Å². The van der Waals surface area contributed by atoms with Gasteiger partial charge in [0.15, 0.2) is 0 Å². The number of likely N-dealkylation sites (N-methyl/N-ethyl adjacent to an activating group) is 1. The molecule has 2 amide bonds. The van der Waals surface area contributed by atoms with Gasteiger partial charge in [-0.15, -0.1) is 0 Å². The summed E-state index contributed by atoms with van der Waals surface area (Å²) in [6.45, 7) is 10.2. The predicted octanol–water partition coefficient (Wildman–Crippen LogP) is 1.78. The molecule has 0 rings (SSSR count). The van der Waals surface area contributed by atoms with Gasteiger partial charge >= 0.3 is 6.09 Å². The van der Waals surface area contributed by atoms with Gasteiger partial charge in [0.05, 0.1) is 26.4 Å². The van der Waals surface area contributed by atoms with E-state index in [4.69, 9.17) is 14.2 Å². The molecule has 0 aliphatic rings. The smallest absolute Gasteiger partial charge is 0.407 e. The summed E-state index contributed by atoms with van der Waals surface area (Å²) in [5.74, 6) is 0.0112. The molecule has 8 nitrogen and oxygen atoms in total. The number of methoxy groups -OCH3 is 1. The quantitative estimate of drug-likeness (QED) is 0.347. The molecule has 160 valence electrons. The predicted molar refractivity (Wildman–Crippen MR) is 106 cm³/mol. The molecule has 0 unspecified atom stereocenters. The molecule has 0 fully saturated rings. The Kier molecular flexibility index (Phi) is 18.4. The van der Waals surface area contributed by atoms with Crippen LogP contribution < -0.4 is 10.6 Å². The number of nitrogens with zero attached hydrogens (tertiary/aromatic N) is 1. The first-order valence-corrected chi connectivity index (χ1v) is 10.1. The lowest BCUT2D eigenvalue weighted by molar-refractivity contribution is -0.122. The topological polar surface area (TPSA) is 89.1 Å². The highest BCUT2D eigenvalue weighted by molar-refractivity contribution is 5.75. The number of hydrogen-bond donors (Lipinski definition) is 2. The second-order valence-corrected chi connectivity index (χ2v) is 6.21. The zero-order valence-electron chi connectivity index (χ0n) is 17.4. The fourth-order valence-corrected chi connectivity index (χ4v) is 2.38. The van der Waals surface area contributed by atoms with Gasteiger partial charge in [0.2, 0.25) is 5.91 Å². The minimum absolute atomic E-state index is 0.0112. The molecule has 27 heavy (non-hydrogen) atoms. The van der Waals surface area contributed by atoms with E-state index in [1.165, 1.54) is 0 Å². The van der Waals surface area contributed by atoms with Crippen molar-refractivity contribution in [2.24, 2.45) is 0 Å². The van der Waals surface area contributed by atoms with E-state index in [9.17, 15) is 9.59 Å². The number of unbranched alkanes of at least 4 members (excludes halogenated alkanes) is 3. The van der Waals surface area contributed by atoms with E-state index < -0.39 is 0 Å². The highest BCUT2D eigenvalue weighted by Gasteiger charge is 2.04. The third-order valence-electron chi connectivity index (χ3n) is 4.12. The molecule has 0 atom stereocenters. The first-order chi connectivity index (χ1) is 13.1. The minimum Gasteiger partial charge on any atom is -0.450 e. The molecule has 0 saturated heterocycles. The zero-order chi connectivity index (χ0) is 20.2. The number of ether oxygens (including phenoxy) is 3. The first kappa shape index (κ1) is 25.6. The van der Waals surface area contributed by atoms with Gasteiger partial charge in [-0.3, -0.25) is 4.79 Å². The summed E-state index contributed by atoms with van der Waals surface area (Å²) in [6.07, 6.45) is 3.76. The molecule has 0 radical (unpaired) electrons. The molecule has 0 spiro atoms. The largest absolute Gasteiger partial charge is 0.450 e. The lowest BCUT2D eigenvalue weighted by Gasteiger charge is -2.17. The van der Waals surface area contributed by atoms with Gasteiger partial charge in [0.25, 0.3) is 0 Å². The summed E-state index contributed by atoms with van der Waals surface area (Å²) in [4.78, 5) is 25.3. The Balaban J connectivity index is 3.34. The van der Waals surface area contributed by atoms with Crippen LogP contribution >= 0.6 is 0 Å². The molecule has 0 aromatic heterocycles. The van der Waals surface area contributed by atoms with Crippen molar-refractivity contribution in [1.29, 1.82) is 0 Å². The van der Waals surface area contributed by atoms with Crippen molar-refractivity contribution in [3.63, 3.8) is 0 Å². The summed E-state index contributed by atoms with van der Waals surface area (Å²) < 4.78 is 15.3. The van der Waals surface area contributed by atoms with Gasteiger partial charge in [0.1, 0.15) is 0 Å². The van der Waals surface area contributed by atoms with Crippen molar-refractivity contribution in [3.8, 4) is 0 Å². The standard InChI is InChI=1S/C19H39N3O5/c1-4-22(5-2)13-12-21-19(24)27-14-9-7-6-8-11-20-18(23)10-15-26-17-16-25-3/h4-17H2,1-3H3,(H,20,23)(H,21,24). The Bertz CT molecular complexity index is 365. The normalized spacial score (nSPS) is 10.8. The highest BCUT2D eigenvalue weighted by Crippen LogP contribution is 1.99. The molecular formula is C19H39N3O5. The van der Waals surface area contributed by atoms with Crippen LogP contribution in [0.15, 0.2) is 0 Å². The van der Waals surface area contributed by atoms with Crippen molar-refractivity contribution in [2.75, 3.05) is 66.3 Å². The number of hydrogen-bond acceptors (Lipinski definition) is 6. The van der Waals surface area contributed by atoms with Crippen molar-refractivity contribution >= 4 is 12.0 Å². The first-order valence-electron chi connectivity index (χ1n) is 10.1. The minimum atomic E-state index is -0.345. The van der Waals surface area contributed by atoms with Crippen molar-refractivity contribution < 1.29 is 23.8 Å². The second kappa shape index (κ2) is 19.4. The van der Waals surface area contributed by atoms with Crippen LogP contribution in [0, 0.1) is 0 Å². The Hall–Kier alpha value is -1.38. The lowest BCUT2D eigenvalue weighted by atomic mass is 10.2. The van der Waals surface area contributed by atoms with Crippen LogP contribution in [0.3, 0.4) is 0 Å². The molecule has 0 aliphatic heterocycles. The third kappa shape index (κ3) is 17.8. The van der Waals surface area contributed by atoms with Crippen LogP contribution in [-0.4, -0.2) is 83.2 Å². The Morgan fingerprint density at radius 3 is 2.30 bits per heavy atom. The van der Waals surface area contributed by atoms with Crippen molar-refractivity contribution in [3.05, 3.63) is 0 Å². The summed E-state index contributed by atoms with van der Waals surface area (Å²) in [5.41, 5.74) is 0. The molecule has 0 aromatic rings. The monoisotopic (exact) mass is 389 g/mol. The molecule has 0 saturated carbocycles. The van der Waals surface area contributed by atoms with E-state index in [1.54, 1.807) is 7.11 Å². The SMILES string of the molecule is CCN(CC)CCNC(=O)OCCCCCCNC(=O)CCOCCOC. The number of amides is 2. The van der Waals surface area contributed by atoms with Gasteiger partial charge in [-0.2, -0.15) is 0 Å². The maximum Gasteiger partial charge on any atom is 0.407 e. The third-order valence-corrected chi connectivity index (χ3v) is 4.12. The lowest BCUT2D eigenvalue weighted by Crippen LogP contribution is -2.35. The number of carbonyl (C=O) groups is 2. The molecule has 0 heterocycles. The van der Waals surface area contributed by atoms with Crippen LogP contribution in [0.25, 0.3) is 0 Å². The van der Waals surface area contributed by atoms with Crippen LogP contribution in [0.2, 0.25) is 0 Å². The maximum atomic E-state index is 11.6.